The van der Waals surface area contributed by atoms with Gasteiger partial charge in [0.2, 0.25) is 0 Å². The molecule has 0 fully saturated rings. The summed E-state index contributed by atoms with van der Waals surface area (Å²) in [7, 11) is 0. The third kappa shape index (κ3) is 5.83. The summed E-state index contributed by atoms with van der Waals surface area (Å²) in [5.41, 5.74) is 5.22. The largest absolute Gasteiger partial charge is 0.482 e. The second kappa shape index (κ2) is 7.96. The SMILES string of the molecule is C1=NCCO1.NC(=O)c1ccccn1.[Fe]. The van der Waals surface area contributed by atoms with E-state index in [0.29, 0.717) is 5.69 Å². The van der Waals surface area contributed by atoms with Gasteiger partial charge in [-0.15, -0.1) is 0 Å². The fraction of sp³-hybridized carbons (Fsp3) is 0.222. The van der Waals surface area contributed by atoms with Gasteiger partial charge in [0.05, 0.1) is 6.54 Å². The molecule has 0 bridgehead atoms. The zero-order valence-electron chi connectivity index (χ0n) is 7.94. The number of pyridine rings is 1. The van der Waals surface area contributed by atoms with Crippen molar-refractivity contribution < 1.29 is 26.6 Å². The van der Waals surface area contributed by atoms with Crippen LogP contribution in [-0.2, 0) is 21.8 Å². The summed E-state index contributed by atoms with van der Waals surface area (Å²) in [6.07, 6.45) is 3.01. The van der Waals surface area contributed by atoms with Crippen molar-refractivity contribution >= 4 is 12.3 Å². The number of carbonyl (C=O) groups excluding carboxylic acids is 1. The molecule has 0 atom stereocenters. The van der Waals surface area contributed by atoms with Gasteiger partial charge in [0.15, 0.2) is 6.40 Å². The number of primary amides is 1. The molecule has 1 aromatic rings. The third-order valence-corrected chi connectivity index (χ3v) is 1.40. The fourth-order valence-corrected chi connectivity index (χ4v) is 0.772. The molecular formula is C9H11FeN3O2. The molecule has 2 rings (SSSR count). The summed E-state index contributed by atoms with van der Waals surface area (Å²) in [5.74, 6) is -0.490. The van der Waals surface area contributed by atoms with E-state index in [2.05, 4.69) is 14.7 Å². The van der Waals surface area contributed by atoms with Crippen LogP contribution in [0.4, 0.5) is 0 Å². The number of hydrogen-bond acceptors (Lipinski definition) is 4. The minimum absolute atomic E-state index is 0. The third-order valence-electron chi connectivity index (χ3n) is 1.40. The van der Waals surface area contributed by atoms with Gasteiger partial charge in [0.25, 0.3) is 5.91 Å². The van der Waals surface area contributed by atoms with E-state index in [0.717, 1.165) is 13.2 Å². The molecule has 1 aromatic heterocycles. The van der Waals surface area contributed by atoms with E-state index >= 15 is 0 Å². The first-order chi connectivity index (χ1) is 6.80. The maximum Gasteiger partial charge on any atom is 0.267 e. The smallest absolute Gasteiger partial charge is 0.267 e. The molecule has 1 aliphatic rings. The Bertz CT molecular complexity index is 310. The van der Waals surface area contributed by atoms with Gasteiger partial charge in [-0.1, -0.05) is 6.07 Å². The number of rotatable bonds is 1. The molecular weight excluding hydrogens is 238 g/mol. The summed E-state index contributed by atoms with van der Waals surface area (Å²) in [4.78, 5) is 17.8. The van der Waals surface area contributed by atoms with Gasteiger partial charge in [-0.05, 0) is 12.1 Å². The monoisotopic (exact) mass is 249 g/mol. The summed E-state index contributed by atoms with van der Waals surface area (Å²) in [6.45, 7) is 1.62. The molecule has 15 heavy (non-hydrogen) atoms. The zero-order valence-corrected chi connectivity index (χ0v) is 9.05. The summed E-state index contributed by atoms with van der Waals surface area (Å²) in [5, 5.41) is 0. The van der Waals surface area contributed by atoms with Crippen molar-refractivity contribution in [3.63, 3.8) is 0 Å². The fourth-order valence-electron chi connectivity index (χ4n) is 0.772. The van der Waals surface area contributed by atoms with Crippen LogP contribution in [0.5, 0.6) is 0 Å². The normalized spacial score (nSPS) is 11.7. The molecule has 0 radical (unpaired) electrons. The molecule has 82 valence electrons. The van der Waals surface area contributed by atoms with Crippen molar-refractivity contribution in [2.75, 3.05) is 13.2 Å². The van der Waals surface area contributed by atoms with E-state index in [4.69, 9.17) is 5.73 Å². The zero-order chi connectivity index (χ0) is 10.2. The van der Waals surface area contributed by atoms with E-state index in [1.165, 1.54) is 12.6 Å². The molecule has 1 aliphatic heterocycles. The van der Waals surface area contributed by atoms with Crippen molar-refractivity contribution in [3.05, 3.63) is 30.1 Å². The predicted octanol–water partition coefficient (Wildman–Crippen LogP) is 0.223. The van der Waals surface area contributed by atoms with E-state index < -0.39 is 5.91 Å². The predicted molar refractivity (Wildman–Crippen MR) is 52.1 cm³/mol. The first kappa shape index (κ1) is 13.6. The Balaban J connectivity index is 0.000000280. The Morgan fingerprint density at radius 1 is 1.47 bits per heavy atom. The van der Waals surface area contributed by atoms with Crippen LogP contribution in [0.2, 0.25) is 0 Å². The quantitative estimate of drug-likeness (QED) is 0.723. The standard InChI is InChI=1S/C6H6N2O.C3H5NO.Fe/c7-6(9)5-3-1-2-4-8-5;1-2-5-3-4-1;/h1-4H,(H2,7,9);3H,1-2H2;. The van der Waals surface area contributed by atoms with E-state index in [-0.39, 0.29) is 17.1 Å². The van der Waals surface area contributed by atoms with Crippen LogP contribution in [-0.4, -0.2) is 30.4 Å². The minimum Gasteiger partial charge on any atom is -0.482 e. The van der Waals surface area contributed by atoms with Crippen LogP contribution < -0.4 is 5.73 Å². The van der Waals surface area contributed by atoms with Crippen LogP contribution >= 0.6 is 0 Å². The average Bonchev–Trinajstić information content (AvgIpc) is 2.77. The molecule has 2 heterocycles. The number of nitrogens with two attached hydrogens (primary N) is 1. The number of nitrogens with zero attached hydrogens (tertiary/aromatic N) is 2. The maximum absolute atomic E-state index is 10.4. The van der Waals surface area contributed by atoms with Gasteiger partial charge in [-0.25, -0.2) is 0 Å². The molecule has 0 saturated heterocycles. The molecule has 5 nitrogen and oxygen atoms in total. The van der Waals surface area contributed by atoms with E-state index in [9.17, 15) is 4.79 Å². The average molecular weight is 249 g/mol. The van der Waals surface area contributed by atoms with Gasteiger partial charge in [0.1, 0.15) is 12.3 Å². The number of hydrogen-bond donors (Lipinski definition) is 1. The van der Waals surface area contributed by atoms with Crippen LogP contribution in [0.3, 0.4) is 0 Å². The minimum atomic E-state index is -0.490. The summed E-state index contributed by atoms with van der Waals surface area (Å²) >= 11 is 0. The molecule has 6 heteroatoms. The Hall–Kier alpha value is -1.39. The van der Waals surface area contributed by atoms with Crippen LogP contribution in [0, 0.1) is 0 Å². The van der Waals surface area contributed by atoms with E-state index in [1.54, 1.807) is 18.2 Å². The maximum atomic E-state index is 10.4. The number of aliphatic imine (C=N–C) groups is 1. The molecule has 1 amide bonds. The summed E-state index contributed by atoms with van der Waals surface area (Å²) < 4.78 is 4.65. The molecule has 0 unspecified atom stereocenters. The van der Waals surface area contributed by atoms with Crippen molar-refractivity contribution in [2.24, 2.45) is 10.7 Å². The molecule has 0 saturated carbocycles. The number of aromatic nitrogens is 1. The Morgan fingerprint density at radius 2 is 2.27 bits per heavy atom. The molecule has 0 spiro atoms. The van der Waals surface area contributed by atoms with Crippen LogP contribution in [0.15, 0.2) is 29.4 Å². The van der Waals surface area contributed by atoms with Crippen LogP contribution in [0.25, 0.3) is 0 Å². The first-order valence-corrected chi connectivity index (χ1v) is 4.11. The molecule has 2 N–H and O–H groups in total. The second-order valence-electron chi connectivity index (χ2n) is 2.46. The van der Waals surface area contributed by atoms with E-state index in [1.807, 2.05) is 0 Å². The van der Waals surface area contributed by atoms with Gasteiger partial charge in [0, 0.05) is 23.3 Å². The number of carbonyl (C=O) groups is 1. The first-order valence-electron chi connectivity index (χ1n) is 4.11. The van der Waals surface area contributed by atoms with Crippen LogP contribution in [0.1, 0.15) is 10.5 Å². The topological polar surface area (TPSA) is 77.6 Å². The molecule has 0 aliphatic carbocycles. The van der Waals surface area contributed by atoms with Crippen molar-refractivity contribution in [3.8, 4) is 0 Å². The number of amides is 1. The Labute approximate surface area is 98.2 Å². The van der Waals surface area contributed by atoms with Gasteiger partial charge >= 0.3 is 0 Å². The van der Waals surface area contributed by atoms with Gasteiger partial charge in [-0.2, -0.15) is 0 Å². The van der Waals surface area contributed by atoms with Gasteiger partial charge < -0.3 is 10.5 Å². The van der Waals surface area contributed by atoms with Crippen molar-refractivity contribution in [1.82, 2.24) is 4.98 Å². The summed E-state index contributed by atoms with van der Waals surface area (Å²) in [6, 6.07) is 5.02. The Kier molecular flexibility index (Phi) is 7.22. The van der Waals surface area contributed by atoms with Crippen molar-refractivity contribution in [2.45, 2.75) is 0 Å². The second-order valence-corrected chi connectivity index (χ2v) is 2.46. The number of ether oxygens (including phenoxy) is 1. The molecule has 0 aromatic carbocycles. The Morgan fingerprint density at radius 3 is 2.53 bits per heavy atom. The van der Waals surface area contributed by atoms with Gasteiger partial charge in [-0.3, -0.25) is 14.8 Å². The van der Waals surface area contributed by atoms with Crippen molar-refractivity contribution in [1.29, 1.82) is 0 Å².